The predicted molar refractivity (Wildman–Crippen MR) is 114 cm³/mol. The van der Waals surface area contributed by atoms with Gasteiger partial charge in [0.15, 0.2) is 0 Å². The Morgan fingerprint density at radius 2 is 0.846 bits per heavy atom. The van der Waals surface area contributed by atoms with Crippen LogP contribution >= 0.6 is 0 Å². The number of hydrogen-bond acceptors (Lipinski definition) is 3. The highest BCUT2D eigenvalue weighted by atomic mass is 32.2. The number of unbranched alkanes of at least 4 members (excludes halogenated alkanes) is 16. The van der Waals surface area contributed by atoms with E-state index < -0.39 is 10.1 Å². The Hall–Kier alpha value is -0.0900. The number of rotatable bonds is 21. The molecule has 0 aromatic rings. The Bertz CT molecular complexity index is 366. The van der Waals surface area contributed by atoms with Crippen molar-refractivity contribution in [2.75, 3.05) is 12.4 Å². The van der Waals surface area contributed by atoms with Crippen LogP contribution in [0, 0.1) is 0 Å². The van der Waals surface area contributed by atoms with E-state index in [0.717, 1.165) is 32.1 Å². The van der Waals surface area contributed by atoms with Crippen LogP contribution in [0.2, 0.25) is 0 Å². The summed E-state index contributed by atoms with van der Waals surface area (Å²) >= 11 is 0. The molecule has 26 heavy (non-hydrogen) atoms. The molecule has 0 saturated carbocycles. The third-order valence-electron chi connectivity index (χ3n) is 5.01. The summed E-state index contributed by atoms with van der Waals surface area (Å²) < 4.78 is 28.7. The van der Waals surface area contributed by atoms with E-state index in [1.54, 1.807) is 0 Å². The molecule has 0 unspecified atom stereocenters. The Balaban J connectivity index is 3.30. The topological polar surface area (TPSA) is 43.4 Å². The maximum Gasteiger partial charge on any atom is 0.267 e. The quantitative estimate of drug-likeness (QED) is 0.151. The van der Waals surface area contributed by atoms with Crippen molar-refractivity contribution in [2.24, 2.45) is 0 Å². The minimum Gasteiger partial charge on any atom is -0.270 e. The second kappa shape index (κ2) is 19.7. The van der Waals surface area contributed by atoms with Crippen LogP contribution in [-0.4, -0.2) is 20.8 Å². The third kappa shape index (κ3) is 20.2. The van der Waals surface area contributed by atoms with Gasteiger partial charge in [-0.1, -0.05) is 117 Å². The van der Waals surface area contributed by atoms with Crippen molar-refractivity contribution in [3.8, 4) is 0 Å². The van der Waals surface area contributed by atoms with Gasteiger partial charge in [-0.3, -0.25) is 4.18 Å². The largest absolute Gasteiger partial charge is 0.270 e. The molecule has 0 aliphatic carbocycles. The van der Waals surface area contributed by atoms with Crippen LogP contribution in [0.5, 0.6) is 0 Å². The van der Waals surface area contributed by atoms with Crippen LogP contribution in [0.1, 0.15) is 129 Å². The lowest BCUT2D eigenvalue weighted by molar-refractivity contribution is 0.305. The summed E-state index contributed by atoms with van der Waals surface area (Å²) in [6.45, 7) is 4.82. The van der Waals surface area contributed by atoms with Crippen molar-refractivity contribution < 1.29 is 12.6 Å². The van der Waals surface area contributed by atoms with Gasteiger partial charge in [0.1, 0.15) is 0 Å². The fraction of sp³-hybridized carbons (Fsp3) is 1.00. The van der Waals surface area contributed by atoms with Gasteiger partial charge in [-0.2, -0.15) is 8.42 Å². The van der Waals surface area contributed by atoms with Crippen LogP contribution in [0.25, 0.3) is 0 Å². The smallest absolute Gasteiger partial charge is 0.267 e. The molecule has 0 aromatic carbocycles. The van der Waals surface area contributed by atoms with Crippen LogP contribution < -0.4 is 0 Å². The molecule has 0 fully saturated rings. The van der Waals surface area contributed by atoms with Gasteiger partial charge in [0.05, 0.1) is 12.4 Å². The van der Waals surface area contributed by atoms with E-state index in [1.807, 2.05) is 0 Å². The van der Waals surface area contributed by atoms with Crippen LogP contribution in [-0.2, 0) is 14.3 Å². The maximum atomic E-state index is 11.8. The summed E-state index contributed by atoms with van der Waals surface area (Å²) in [4.78, 5) is 0. The molecule has 0 N–H and O–H groups in total. The summed E-state index contributed by atoms with van der Waals surface area (Å²) in [6.07, 6.45) is 22.0. The highest BCUT2D eigenvalue weighted by molar-refractivity contribution is 7.86. The Kier molecular flexibility index (Phi) is 19.6. The minimum absolute atomic E-state index is 0.192. The van der Waals surface area contributed by atoms with Gasteiger partial charge in [-0.05, 0) is 12.8 Å². The van der Waals surface area contributed by atoms with E-state index >= 15 is 0 Å². The molecule has 0 spiro atoms. The monoisotopic (exact) mass is 390 g/mol. The summed E-state index contributed by atoms with van der Waals surface area (Å²) in [5, 5.41) is 0. The van der Waals surface area contributed by atoms with Crippen molar-refractivity contribution in [3.63, 3.8) is 0 Å². The van der Waals surface area contributed by atoms with Crippen LogP contribution in [0.15, 0.2) is 0 Å². The summed E-state index contributed by atoms with van der Waals surface area (Å²) in [5.41, 5.74) is 0. The van der Waals surface area contributed by atoms with Gasteiger partial charge in [0.25, 0.3) is 10.1 Å². The van der Waals surface area contributed by atoms with Gasteiger partial charge in [0, 0.05) is 0 Å². The summed E-state index contributed by atoms with van der Waals surface area (Å²) in [7, 11) is -3.29. The lowest BCUT2D eigenvalue weighted by atomic mass is 10.1. The van der Waals surface area contributed by atoms with Gasteiger partial charge in [-0.15, -0.1) is 0 Å². The number of hydrogen-bond donors (Lipinski definition) is 0. The van der Waals surface area contributed by atoms with Gasteiger partial charge < -0.3 is 0 Å². The Morgan fingerprint density at radius 1 is 0.500 bits per heavy atom. The zero-order valence-electron chi connectivity index (χ0n) is 17.8. The average Bonchev–Trinajstić information content (AvgIpc) is 2.62. The second-order valence-electron chi connectivity index (χ2n) is 7.74. The highest BCUT2D eigenvalue weighted by Gasteiger charge is 2.10. The van der Waals surface area contributed by atoms with Crippen molar-refractivity contribution in [3.05, 3.63) is 0 Å². The predicted octanol–water partition coefficient (Wildman–Crippen LogP) is 7.39. The van der Waals surface area contributed by atoms with E-state index in [4.69, 9.17) is 4.18 Å². The lowest BCUT2D eigenvalue weighted by Gasteiger charge is -2.06. The standard InChI is InChI=1S/C22H46O3S/c1-3-5-7-9-11-12-13-14-15-16-17-19-21-25-26(23,24)22-20-18-10-8-6-4-2/h3-22H2,1-2H3. The van der Waals surface area contributed by atoms with Crippen molar-refractivity contribution >= 4 is 10.1 Å². The van der Waals surface area contributed by atoms with Crippen molar-refractivity contribution in [2.45, 2.75) is 129 Å². The van der Waals surface area contributed by atoms with E-state index in [-0.39, 0.29) is 5.75 Å². The average molecular weight is 391 g/mol. The van der Waals surface area contributed by atoms with Gasteiger partial charge in [0.2, 0.25) is 0 Å². The summed E-state index contributed by atoms with van der Waals surface area (Å²) in [5.74, 6) is 0.192. The fourth-order valence-corrected chi connectivity index (χ4v) is 4.29. The molecule has 0 atom stereocenters. The van der Waals surface area contributed by atoms with Gasteiger partial charge in [-0.25, -0.2) is 0 Å². The zero-order chi connectivity index (χ0) is 19.3. The van der Waals surface area contributed by atoms with Crippen molar-refractivity contribution in [1.29, 1.82) is 0 Å². The van der Waals surface area contributed by atoms with E-state index in [2.05, 4.69) is 13.8 Å². The Labute approximate surface area is 164 Å². The van der Waals surface area contributed by atoms with Crippen LogP contribution in [0.3, 0.4) is 0 Å². The minimum atomic E-state index is -3.29. The second-order valence-corrected chi connectivity index (χ2v) is 9.50. The molecular formula is C22H46O3S. The molecule has 0 bridgehead atoms. The van der Waals surface area contributed by atoms with E-state index in [1.165, 1.54) is 83.5 Å². The van der Waals surface area contributed by atoms with Crippen LogP contribution in [0.4, 0.5) is 0 Å². The van der Waals surface area contributed by atoms with E-state index in [9.17, 15) is 8.42 Å². The molecule has 158 valence electrons. The van der Waals surface area contributed by atoms with Gasteiger partial charge >= 0.3 is 0 Å². The molecule has 3 nitrogen and oxygen atoms in total. The third-order valence-corrected chi connectivity index (χ3v) is 6.32. The first-order valence-corrected chi connectivity index (χ1v) is 13.1. The fourth-order valence-electron chi connectivity index (χ4n) is 3.25. The summed E-state index contributed by atoms with van der Waals surface area (Å²) in [6, 6.07) is 0. The van der Waals surface area contributed by atoms with Crippen molar-refractivity contribution in [1.82, 2.24) is 0 Å². The molecule has 0 saturated heterocycles. The zero-order valence-corrected chi connectivity index (χ0v) is 18.6. The maximum absolute atomic E-state index is 11.8. The molecule has 4 heteroatoms. The first kappa shape index (κ1) is 25.9. The first-order valence-electron chi connectivity index (χ1n) is 11.5. The highest BCUT2D eigenvalue weighted by Crippen LogP contribution is 2.12. The molecule has 0 aromatic heterocycles. The molecule has 0 heterocycles. The first-order chi connectivity index (χ1) is 12.6. The van der Waals surface area contributed by atoms with E-state index in [0.29, 0.717) is 6.61 Å². The normalized spacial score (nSPS) is 11.9. The molecule has 0 aliphatic rings. The Morgan fingerprint density at radius 3 is 1.27 bits per heavy atom. The lowest BCUT2D eigenvalue weighted by Crippen LogP contribution is -2.11. The molecule has 0 aliphatic heterocycles. The molecule has 0 amide bonds. The molecular weight excluding hydrogens is 344 g/mol. The molecule has 0 radical (unpaired) electrons. The molecule has 0 rings (SSSR count). The SMILES string of the molecule is CCCCCCCCCCCCCCOS(=O)(=O)CCCCCCCC.